The van der Waals surface area contributed by atoms with Gasteiger partial charge in [0.1, 0.15) is 12.3 Å². The van der Waals surface area contributed by atoms with Crippen molar-refractivity contribution in [3.8, 4) is 5.75 Å². The maximum absolute atomic E-state index is 12.5. The molecule has 0 bridgehead atoms. The van der Waals surface area contributed by atoms with E-state index >= 15 is 0 Å². The van der Waals surface area contributed by atoms with E-state index in [1.807, 2.05) is 37.4 Å². The summed E-state index contributed by atoms with van der Waals surface area (Å²) in [7, 11) is 0. The second kappa shape index (κ2) is 11.3. The number of carbonyl (C=O) groups excluding carboxylic acids is 2. The predicted molar refractivity (Wildman–Crippen MR) is 105 cm³/mol. The number of aryl methyl sites for hydroxylation is 1. The summed E-state index contributed by atoms with van der Waals surface area (Å²) < 4.78 is 10.8. The smallest absolute Gasteiger partial charge is 0.260 e. The lowest BCUT2D eigenvalue weighted by molar-refractivity contribution is -0.136. The number of benzene rings is 1. The van der Waals surface area contributed by atoms with Crippen molar-refractivity contribution >= 4 is 28.3 Å². The molecule has 0 aliphatic rings. The van der Waals surface area contributed by atoms with Crippen LogP contribution in [0.4, 0.5) is 5.13 Å². The number of hydrogen-bond acceptors (Lipinski definition) is 6. The Morgan fingerprint density at radius 1 is 1.26 bits per heavy atom. The molecule has 2 rings (SSSR count). The van der Waals surface area contributed by atoms with Crippen molar-refractivity contribution in [3.63, 3.8) is 0 Å². The van der Waals surface area contributed by atoms with Crippen LogP contribution in [0.15, 0.2) is 35.7 Å². The van der Waals surface area contributed by atoms with Crippen LogP contribution in [0, 0.1) is 6.92 Å². The highest BCUT2D eigenvalue weighted by Gasteiger charge is 2.18. The van der Waals surface area contributed by atoms with Crippen LogP contribution >= 0.6 is 11.3 Å². The van der Waals surface area contributed by atoms with Crippen LogP contribution in [0.25, 0.3) is 0 Å². The molecule has 2 amide bonds. The monoisotopic (exact) mass is 391 g/mol. The lowest BCUT2D eigenvalue weighted by Crippen LogP contribution is -2.41. The minimum absolute atomic E-state index is 0.0538. The van der Waals surface area contributed by atoms with Crippen LogP contribution in [-0.2, 0) is 14.3 Å². The van der Waals surface area contributed by atoms with E-state index in [0.717, 1.165) is 5.69 Å². The summed E-state index contributed by atoms with van der Waals surface area (Å²) in [5, 5.41) is 5.11. The van der Waals surface area contributed by atoms with Gasteiger partial charge in [0.05, 0.1) is 5.69 Å². The van der Waals surface area contributed by atoms with Crippen LogP contribution in [-0.4, -0.2) is 54.6 Å². The molecule has 1 aromatic carbocycles. The Hall–Kier alpha value is -2.45. The van der Waals surface area contributed by atoms with Gasteiger partial charge in [0.2, 0.25) is 5.91 Å². The molecule has 0 aliphatic carbocycles. The van der Waals surface area contributed by atoms with Crippen molar-refractivity contribution in [2.75, 3.05) is 38.2 Å². The Labute approximate surface area is 163 Å². The number of thiazole rings is 1. The van der Waals surface area contributed by atoms with Gasteiger partial charge in [0, 0.05) is 25.1 Å². The number of hydrogen-bond donors (Lipinski definition) is 1. The third kappa shape index (κ3) is 7.76. The number of ether oxygens (including phenoxy) is 2. The Morgan fingerprint density at radius 2 is 2.04 bits per heavy atom. The van der Waals surface area contributed by atoms with E-state index in [1.165, 1.54) is 16.2 Å². The van der Waals surface area contributed by atoms with Gasteiger partial charge in [0.25, 0.3) is 5.91 Å². The molecular weight excluding hydrogens is 366 g/mol. The normalized spacial score (nSPS) is 10.4. The van der Waals surface area contributed by atoms with Gasteiger partial charge < -0.3 is 19.7 Å². The first-order valence-electron chi connectivity index (χ1n) is 8.84. The average Bonchev–Trinajstić information content (AvgIpc) is 3.07. The molecule has 8 heteroatoms. The molecule has 0 saturated heterocycles. The predicted octanol–water partition coefficient (Wildman–Crippen LogP) is 2.72. The molecule has 1 N–H and O–H groups in total. The Morgan fingerprint density at radius 3 is 2.70 bits per heavy atom. The van der Waals surface area contributed by atoms with E-state index in [4.69, 9.17) is 9.47 Å². The maximum atomic E-state index is 12.5. The standard InChI is InChI=1S/C19H25N3O4S/c1-3-25-11-7-10-22(12-17(23)21-19-20-15(2)14-27-19)18(24)13-26-16-8-5-4-6-9-16/h4-6,8-9,14H,3,7,10-13H2,1-2H3,(H,20,21,23). The molecule has 1 heterocycles. The van der Waals surface area contributed by atoms with Crippen molar-refractivity contribution < 1.29 is 19.1 Å². The number of amides is 2. The van der Waals surface area contributed by atoms with Gasteiger partial charge in [0.15, 0.2) is 11.7 Å². The fraction of sp³-hybridized carbons (Fsp3) is 0.421. The van der Waals surface area contributed by atoms with Crippen molar-refractivity contribution in [2.24, 2.45) is 0 Å². The molecule has 2 aromatic rings. The third-order valence-electron chi connectivity index (χ3n) is 3.58. The molecule has 0 unspecified atom stereocenters. The SMILES string of the molecule is CCOCCCN(CC(=O)Nc1nc(C)cs1)C(=O)COc1ccccc1. The summed E-state index contributed by atoms with van der Waals surface area (Å²) in [6.45, 7) is 5.17. The summed E-state index contributed by atoms with van der Waals surface area (Å²) in [5.41, 5.74) is 0.844. The third-order valence-corrected chi connectivity index (χ3v) is 4.45. The van der Waals surface area contributed by atoms with E-state index in [9.17, 15) is 9.59 Å². The number of anilines is 1. The van der Waals surface area contributed by atoms with Gasteiger partial charge in [-0.25, -0.2) is 4.98 Å². The van der Waals surface area contributed by atoms with Crippen molar-refractivity contribution in [1.82, 2.24) is 9.88 Å². The molecule has 0 saturated carbocycles. The number of carbonyl (C=O) groups is 2. The first kappa shape index (κ1) is 20.9. The topological polar surface area (TPSA) is 80.8 Å². The van der Waals surface area contributed by atoms with E-state index in [2.05, 4.69) is 10.3 Å². The summed E-state index contributed by atoms with van der Waals surface area (Å²) in [5.74, 6) is 0.0810. The second-order valence-corrected chi connectivity index (χ2v) is 6.67. The first-order valence-corrected chi connectivity index (χ1v) is 9.71. The highest BCUT2D eigenvalue weighted by molar-refractivity contribution is 7.13. The quantitative estimate of drug-likeness (QED) is 0.596. The Bertz CT molecular complexity index is 721. The lowest BCUT2D eigenvalue weighted by Gasteiger charge is -2.22. The van der Waals surface area contributed by atoms with Crippen LogP contribution in [0.5, 0.6) is 5.75 Å². The fourth-order valence-corrected chi connectivity index (χ4v) is 2.99. The first-order chi connectivity index (χ1) is 13.1. The number of para-hydroxylation sites is 1. The lowest BCUT2D eigenvalue weighted by atomic mass is 10.3. The Balaban J connectivity index is 1.89. The van der Waals surface area contributed by atoms with Gasteiger partial charge in [-0.3, -0.25) is 9.59 Å². The van der Waals surface area contributed by atoms with Crippen LogP contribution < -0.4 is 10.1 Å². The average molecular weight is 391 g/mol. The molecule has 0 atom stereocenters. The molecule has 7 nitrogen and oxygen atoms in total. The zero-order chi connectivity index (χ0) is 19.5. The van der Waals surface area contributed by atoms with Crippen LogP contribution in [0.1, 0.15) is 19.0 Å². The van der Waals surface area contributed by atoms with Crippen molar-refractivity contribution in [2.45, 2.75) is 20.3 Å². The minimum atomic E-state index is -0.283. The van der Waals surface area contributed by atoms with E-state index in [0.29, 0.717) is 37.1 Å². The van der Waals surface area contributed by atoms with Crippen LogP contribution in [0.2, 0.25) is 0 Å². The summed E-state index contributed by atoms with van der Waals surface area (Å²) in [4.78, 5) is 30.5. The molecule has 0 radical (unpaired) electrons. The van der Waals surface area contributed by atoms with Gasteiger partial charge in [-0.2, -0.15) is 0 Å². The van der Waals surface area contributed by atoms with Crippen LogP contribution in [0.3, 0.4) is 0 Å². The number of nitrogens with zero attached hydrogens (tertiary/aromatic N) is 2. The van der Waals surface area contributed by atoms with Crippen molar-refractivity contribution in [1.29, 1.82) is 0 Å². The molecule has 146 valence electrons. The number of nitrogens with one attached hydrogen (secondary N) is 1. The molecule has 27 heavy (non-hydrogen) atoms. The number of aromatic nitrogens is 1. The Kier molecular flexibility index (Phi) is 8.73. The summed E-state index contributed by atoms with van der Waals surface area (Å²) >= 11 is 1.35. The minimum Gasteiger partial charge on any atom is -0.484 e. The molecule has 0 spiro atoms. The largest absolute Gasteiger partial charge is 0.484 e. The zero-order valence-electron chi connectivity index (χ0n) is 15.6. The molecule has 1 aromatic heterocycles. The maximum Gasteiger partial charge on any atom is 0.260 e. The molecule has 0 fully saturated rings. The van der Waals surface area contributed by atoms with Gasteiger partial charge >= 0.3 is 0 Å². The van der Waals surface area contributed by atoms with E-state index < -0.39 is 0 Å². The highest BCUT2D eigenvalue weighted by Crippen LogP contribution is 2.14. The van der Waals surface area contributed by atoms with Crippen molar-refractivity contribution in [3.05, 3.63) is 41.4 Å². The van der Waals surface area contributed by atoms with Gasteiger partial charge in [-0.15, -0.1) is 11.3 Å². The molecule has 0 aliphatic heterocycles. The van der Waals surface area contributed by atoms with Gasteiger partial charge in [-0.05, 0) is 32.4 Å². The van der Waals surface area contributed by atoms with Gasteiger partial charge in [-0.1, -0.05) is 18.2 Å². The molecular formula is C19H25N3O4S. The highest BCUT2D eigenvalue weighted by atomic mass is 32.1. The second-order valence-electron chi connectivity index (χ2n) is 5.81. The fourth-order valence-electron chi connectivity index (χ4n) is 2.29. The van der Waals surface area contributed by atoms with E-state index in [-0.39, 0.29) is 25.0 Å². The summed E-state index contributed by atoms with van der Waals surface area (Å²) in [6.07, 6.45) is 0.647. The van der Waals surface area contributed by atoms with E-state index in [1.54, 1.807) is 12.1 Å². The zero-order valence-corrected chi connectivity index (χ0v) is 16.5. The number of rotatable bonds is 11. The summed E-state index contributed by atoms with van der Waals surface area (Å²) in [6, 6.07) is 9.11.